The van der Waals surface area contributed by atoms with E-state index in [2.05, 4.69) is 40.6 Å². The van der Waals surface area contributed by atoms with Crippen LogP contribution >= 0.6 is 11.6 Å². The van der Waals surface area contributed by atoms with Crippen molar-refractivity contribution in [3.8, 4) is 5.69 Å². The molecule has 1 saturated heterocycles. The van der Waals surface area contributed by atoms with Crippen LogP contribution in [0.25, 0.3) is 5.69 Å². The van der Waals surface area contributed by atoms with Crippen molar-refractivity contribution in [2.75, 3.05) is 38.6 Å². The molecular formula is C24H27ClN8O. The minimum Gasteiger partial charge on any atom is -0.348 e. The number of halogens is 1. The van der Waals surface area contributed by atoms with Gasteiger partial charge in [-0.25, -0.2) is 9.97 Å². The van der Waals surface area contributed by atoms with E-state index in [4.69, 9.17) is 11.6 Å². The fourth-order valence-electron chi connectivity index (χ4n) is 5.59. The molecule has 3 aromatic rings. The molecule has 2 fully saturated rings. The number of anilines is 1. The first-order valence-corrected chi connectivity index (χ1v) is 12.0. The highest BCUT2D eigenvalue weighted by Crippen LogP contribution is 2.56. The van der Waals surface area contributed by atoms with E-state index < -0.39 is 0 Å². The lowest BCUT2D eigenvalue weighted by molar-refractivity contribution is -0.130. The number of hydrogen-bond acceptors (Lipinski definition) is 7. The van der Waals surface area contributed by atoms with Crippen LogP contribution in [0.2, 0.25) is 5.02 Å². The zero-order valence-electron chi connectivity index (χ0n) is 19.4. The topological polar surface area (TPSA) is 83.3 Å². The Balaban J connectivity index is 1.24. The Hall–Kier alpha value is -3.04. The van der Waals surface area contributed by atoms with Crippen LogP contribution in [0.1, 0.15) is 36.0 Å². The summed E-state index contributed by atoms with van der Waals surface area (Å²) in [5, 5.41) is 9.92. The van der Waals surface area contributed by atoms with E-state index in [9.17, 15) is 4.79 Å². The zero-order valence-corrected chi connectivity index (χ0v) is 20.1. The molecule has 1 aliphatic carbocycles. The lowest BCUT2D eigenvalue weighted by Gasteiger charge is -2.58. The summed E-state index contributed by atoms with van der Waals surface area (Å²) in [6.45, 7) is 3.50. The Morgan fingerprint density at radius 3 is 2.65 bits per heavy atom. The van der Waals surface area contributed by atoms with Gasteiger partial charge in [0.25, 0.3) is 0 Å². The van der Waals surface area contributed by atoms with Crippen LogP contribution in [0.15, 0.2) is 36.7 Å². The van der Waals surface area contributed by atoms with Crippen LogP contribution in [-0.4, -0.2) is 74.2 Å². The molecule has 0 atom stereocenters. The molecule has 2 aliphatic heterocycles. The van der Waals surface area contributed by atoms with Crippen molar-refractivity contribution >= 4 is 23.5 Å². The van der Waals surface area contributed by atoms with Gasteiger partial charge in [-0.3, -0.25) is 14.3 Å². The minimum absolute atomic E-state index is 0.0645. The molecule has 34 heavy (non-hydrogen) atoms. The molecule has 1 saturated carbocycles. The Bertz CT molecular complexity index is 1230. The van der Waals surface area contributed by atoms with Gasteiger partial charge in [0.05, 0.1) is 18.8 Å². The summed E-state index contributed by atoms with van der Waals surface area (Å²) in [7, 11) is 3.56. The second-order valence-corrected chi connectivity index (χ2v) is 10.5. The van der Waals surface area contributed by atoms with Crippen molar-refractivity contribution in [3.05, 3.63) is 58.9 Å². The molecule has 4 heterocycles. The van der Waals surface area contributed by atoms with E-state index in [1.807, 2.05) is 18.2 Å². The number of nitrogens with zero attached hydrogens (tertiary/aromatic N) is 8. The molecule has 6 rings (SSSR count). The quantitative estimate of drug-likeness (QED) is 0.569. The molecule has 2 aromatic heterocycles. The highest BCUT2D eigenvalue weighted by molar-refractivity contribution is 6.30. The number of hydrogen-bond donors (Lipinski definition) is 0. The molecule has 3 aliphatic rings. The summed E-state index contributed by atoms with van der Waals surface area (Å²) in [6, 6.07) is 7.81. The normalized spacial score (nSPS) is 19.1. The second-order valence-electron chi connectivity index (χ2n) is 10.0. The number of likely N-dealkylation sites (N-methyl/N-ethyl adjacent to an activating group) is 1. The molecule has 1 amide bonds. The standard InChI is InChI=1S/C24H27ClN8O/c1-30(2)21(34)13-31-11-16-8-18(25)4-5-19(16)33-20(12-31)28-29-22(33)17-9-24(10-17)14-32(15-24)23-26-6-3-7-27-23/h3-8,17H,9-15H2,1-2H3. The van der Waals surface area contributed by atoms with E-state index in [1.165, 1.54) is 0 Å². The van der Waals surface area contributed by atoms with Crippen molar-refractivity contribution in [2.24, 2.45) is 5.41 Å². The lowest BCUT2D eigenvalue weighted by Crippen LogP contribution is -2.62. The Morgan fingerprint density at radius 1 is 1.15 bits per heavy atom. The maximum absolute atomic E-state index is 12.4. The van der Waals surface area contributed by atoms with E-state index in [0.29, 0.717) is 36.0 Å². The summed E-state index contributed by atoms with van der Waals surface area (Å²) in [4.78, 5) is 27.2. The summed E-state index contributed by atoms with van der Waals surface area (Å²) < 4.78 is 2.21. The maximum atomic E-state index is 12.4. The fourth-order valence-corrected chi connectivity index (χ4v) is 5.78. The predicted octanol–water partition coefficient (Wildman–Crippen LogP) is 2.50. The number of benzene rings is 1. The first-order valence-electron chi connectivity index (χ1n) is 11.6. The molecule has 176 valence electrons. The van der Waals surface area contributed by atoms with Crippen molar-refractivity contribution in [3.63, 3.8) is 0 Å². The van der Waals surface area contributed by atoms with Gasteiger partial charge in [0.2, 0.25) is 11.9 Å². The summed E-state index contributed by atoms with van der Waals surface area (Å²) in [5.74, 6) is 3.12. The highest BCUT2D eigenvalue weighted by Gasteiger charge is 2.54. The van der Waals surface area contributed by atoms with Gasteiger partial charge in [0.1, 0.15) is 5.82 Å². The number of carbonyl (C=O) groups excluding carboxylic acids is 1. The second kappa shape index (κ2) is 8.02. The molecule has 0 N–H and O–H groups in total. The zero-order chi connectivity index (χ0) is 23.4. The third-order valence-electron chi connectivity index (χ3n) is 7.27. The van der Waals surface area contributed by atoms with Gasteiger partial charge >= 0.3 is 0 Å². The predicted molar refractivity (Wildman–Crippen MR) is 128 cm³/mol. The summed E-state index contributed by atoms with van der Waals surface area (Å²) in [5.41, 5.74) is 2.46. The molecule has 1 aromatic carbocycles. The van der Waals surface area contributed by atoms with Crippen molar-refractivity contribution in [2.45, 2.75) is 31.8 Å². The van der Waals surface area contributed by atoms with Crippen molar-refractivity contribution in [1.29, 1.82) is 0 Å². The first kappa shape index (κ1) is 21.5. The van der Waals surface area contributed by atoms with Crippen molar-refractivity contribution < 1.29 is 4.79 Å². The van der Waals surface area contributed by atoms with Gasteiger partial charge in [-0.2, -0.15) is 0 Å². The van der Waals surface area contributed by atoms with Crippen LogP contribution in [0.5, 0.6) is 0 Å². The monoisotopic (exact) mass is 478 g/mol. The number of rotatable bonds is 4. The smallest absolute Gasteiger partial charge is 0.236 e. The largest absolute Gasteiger partial charge is 0.348 e. The molecule has 1 spiro atoms. The van der Waals surface area contributed by atoms with Gasteiger partial charge < -0.3 is 9.80 Å². The van der Waals surface area contributed by atoms with Gasteiger partial charge in [-0.05, 0) is 42.7 Å². The number of aromatic nitrogens is 5. The maximum Gasteiger partial charge on any atom is 0.236 e. The van der Waals surface area contributed by atoms with E-state index in [-0.39, 0.29) is 5.91 Å². The van der Waals surface area contributed by atoms with Gasteiger partial charge in [-0.15, -0.1) is 10.2 Å². The number of amides is 1. The van der Waals surface area contributed by atoms with Crippen LogP contribution in [0, 0.1) is 5.41 Å². The fraction of sp³-hybridized carbons (Fsp3) is 0.458. The first-order chi connectivity index (χ1) is 16.4. The summed E-state index contributed by atoms with van der Waals surface area (Å²) >= 11 is 6.35. The van der Waals surface area contributed by atoms with Crippen LogP contribution in [0.4, 0.5) is 5.95 Å². The lowest BCUT2D eigenvalue weighted by atomic mass is 9.57. The Morgan fingerprint density at radius 2 is 1.91 bits per heavy atom. The van der Waals surface area contributed by atoms with Crippen LogP contribution in [0.3, 0.4) is 0 Å². The van der Waals surface area contributed by atoms with Crippen LogP contribution < -0.4 is 4.90 Å². The molecule has 0 bridgehead atoms. The third-order valence-corrected chi connectivity index (χ3v) is 7.50. The number of fused-ring (bicyclic) bond motifs is 3. The summed E-state index contributed by atoms with van der Waals surface area (Å²) in [6.07, 6.45) is 5.75. The molecule has 0 unspecified atom stereocenters. The third kappa shape index (κ3) is 3.63. The number of carbonyl (C=O) groups is 1. The SMILES string of the molecule is CN(C)C(=O)CN1Cc2cc(Cl)ccc2-n2c(nnc2C2CC3(C2)CN(c2ncccn2)C3)C1. The van der Waals surface area contributed by atoms with E-state index in [0.717, 1.165) is 54.8 Å². The Labute approximate surface area is 203 Å². The van der Waals surface area contributed by atoms with E-state index >= 15 is 0 Å². The van der Waals surface area contributed by atoms with Gasteiger partial charge in [-0.1, -0.05) is 11.6 Å². The van der Waals surface area contributed by atoms with Crippen LogP contribution in [-0.2, 0) is 17.9 Å². The highest BCUT2D eigenvalue weighted by atomic mass is 35.5. The molecule has 10 heteroatoms. The Kier molecular flexibility index (Phi) is 5.07. The average molecular weight is 479 g/mol. The van der Waals surface area contributed by atoms with Crippen molar-refractivity contribution in [1.82, 2.24) is 34.5 Å². The van der Waals surface area contributed by atoms with E-state index in [1.54, 1.807) is 31.4 Å². The molecule has 0 radical (unpaired) electrons. The van der Waals surface area contributed by atoms with Gasteiger partial charge in [0, 0.05) is 62.5 Å². The van der Waals surface area contributed by atoms with Gasteiger partial charge in [0.15, 0.2) is 5.82 Å². The molecule has 9 nitrogen and oxygen atoms in total. The minimum atomic E-state index is 0.0645. The molecular weight excluding hydrogens is 452 g/mol. The average Bonchev–Trinajstić information content (AvgIpc) is 3.08.